The van der Waals surface area contributed by atoms with Crippen molar-refractivity contribution in [2.75, 3.05) is 5.32 Å². The average molecular weight is 407 g/mol. The summed E-state index contributed by atoms with van der Waals surface area (Å²) in [6.45, 7) is 0.699. The first-order chi connectivity index (χ1) is 13.5. The molecule has 0 aliphatic heterocycles. The molecule has 1 atom stereocenters. The Labute approximate surface area is 161 Å². The number of nitriles is 1. The molecule has 150 valence electrons. The Kier molecular flexibility index (Phi) is 4.98. The first-order valence-electron chi connectivity index (χ1n) is 8.15. The van der Waals surface area contributed by atoms with Crippen molar-refractivity contribution in [3.05, 3.63) is 53.3 Å². The number of hydrogen-bond acceptors (Lipinski definition) is 5. The van der Waals surface area contributed by atoms with Crippen molar-refractivity contribution < 1.29 is 27.5 Å². The fourth-order valence-electron chi connectivity index (χ4n) is 2.64. The standard InChI is InChI=1S/C18H13F4N5O2/c1-17(29,9-27-15-6-11(19)3-5-14(15)25-26-27)16(28)24-12-4-2-10(8-23)13(7-12)18(20,21)22/h2-7,29H,9H2,1H3,(H,24,28). The van der Waals surface area contributed by atoms with Crippen molar-refractivity contribution in [1.29, 1.82) is 5.26 Å². The first kappa shape index (κ1) is 20.2. The van der Waals surface area contributed by atoms with Gasteiger partial charge in [-0.3, -0.25) is 4.79 Å². The van der Waals surface area contributed by atoms with Gasteiger partial charge in [0.05, 0.1) is 29.3 Å². The molecule has 1 amide bonds. The zero-order valence-corrected chi connectivity index (χ0v) is 14.8. The van der Waals surface area contributed by atoms with Gasteiger partial charge in [0.1, 0.15) is 11.3 Å². The van der Waals surface area contributed by atoms with Gasteiger partial charge in [0.25, 0.3) is 5.91 Å². The predicted octanol–water partition coefficient (Wildman–Crippen LogP) is 2.85. The molecule has 29 heavy (non-hydrogen) atoms. The fraction of sp³-hybridized carbons (Fsp3) is 0.222. The van der Waals surface area contributed by atoms with Crippen LogP contribution in [-0.4, -0.2) is 31.6 Å². The smallest absolute Gasteiger partial charge is 0.378 e. The lowest BCUT2D eigenvalue weighted by Crippen LogP contribution is -2.44. The molecule has 0 saturated carbocycles. The summed E-state index contributed by atoms with van der Waals surface area (Å²) in [5, 5.41) is 29.1. The lowest BCUT2D eigenvalue weighted by Gasteiger charge is -2.22. The van der Waals surface area contributed by atoms with E-state index in [2.05, 4.69) is 15.6 Å². The number of aromatic nitrogens is 3. The molecule has 0 spiro atoms. The SMILES string of the molecule is CC(O)(Cn1nnc2ccc(F)cc21)C(=O)Nc1ccc(C#N)c(C(F)(F)F)c1. The van der Waals surface area contributed by atoms with E-state index in [1.165, 1.54) is 18.2 Å². The summed E-state index contributed by atoms with van der Waals surface area (Å²) in [5.41, 5.74) is -3.61. The minimum Gasteiger partial charge on any atom is -0.378 e. The molecule has 0 radical (unpaired) electrons. The molecular formula is C18H13F4N5O2. The van der Waals surface area contributed by atoms with E-state index in [1.807, 2.05) is 0 Å². The van der Waals surface area contributed by atoms with E-state index >= 15 is 0 Å². The molecule has 0 saturated heterocycles. The maximum atomic E-state index is 13.4. The Bertz CT molecular complexity index is 1130. The molecule has 3 rings (SSSR count). The Balaban J connectivity index is 1.84. The summed E-state index contributed by atoms with van der Waals surface area (Å²) < 4.78 is 53.7. The summed E-state index contributed by atoms with van der Waals surface area (Å²) in [6.07, 6.45) is -4.79. The number of nitrogens with zero attached hydrogens (tertiary/aromatic N) is 4. The molecule has 2 aromatic carbocycles. The molecule has 1 unspecified atom stereocenters. The van der Waals surface area contributed by atoms with Crippen LogP contribution >= 0.6 is 0 Å². The van der Waals surface area contributed by atoms with Crippen molar-refractivity contribution in [3.8, 4) is 6.07 Å². The van der Waals surface area contributed by atoms with E-state index in [9.17, 15) is 27.5 Å². The van der Waals surface area contributed by atoms with Crippen LogP contribution in [-0.2, 0) is 17.5 Å². The fourth-order valence-corrected chi connectivity index (χ4v) is 2.64. The quantitative estimate of drug-likeness (QED) is 0.648. The van der Waals surface area contributed by atoms with Gasteiger partial charge in [-0.25, -0.2) is 9.07 Å². The van der Waals surface area contributed by atoms with E-state index in [0.29, 0.717) is 11.6 Å². The molecule has 1 heterocycles. The van der Waals surface area contributed by atoms with E-state index in [1.54, 1.807) is 0 Å². The third-order valence-electron chi connectivity index (χ3n) is 4.13. The monoisotopic (exact) mass is 407 g/mol. The van der Waals surface area contributed by atoms with E-state index in [-0.39, 0.29) is 11.2 Å². The third kappa shape index (κ3) is 4.17. The van der Waals surface area contributed by atoms with E-state index in [0.717, 1.165) is 29.8 Å². The largest absolute Gasteiger partial charge is 0.417 e. The van der Waals surface area contributed by atoms with Crippen LogP contribution in [0.5, 0.6) is 0 Å². The maximum Gasteiger partial charge on any atom is 0.417 e. The molecule has 0 aliphatic rings. The number of aliphatic hydroxyl groups is 1. The molecule has 1 aromatic heterocycles. The van der Waals surface area contributed by atoms with Crippen LogP contribution < -0.4 is 5.32 Å². The molecule has 7 nitrogen and oxygen atoms in total. The van der Waals surface area contributed by atoms with Gasteiger partial charge in [-0.2, -0.15) is 18.4 Å². The number of halogens is 4. The number of amides is 1. The van der Waals surface area contributed by atoms with Gasteiger partial charge < -0.3 is 10.4 Å². The van der Waals surface area contributed by atoms with Gasteiger partial charge in [0, 0.05) is 11.8 Å². The molecule has 2 N–H and O–H groups in total. The predicted molar refractivity (Wildman–Crippen MR) is 92.9 cm³/mol. The number of nitrogens with one attached hydrogen (secondary N) is 1. The Morgan fingerprint density at radius 1 is 1.28 bits per heavy atom. The number of carbonyl (C=O) groups is 1. The highest BCUT2D eigenvalue weighted by atomic mass is 19.4. The molecule has 0 aliphatic carbocycles. The molecular weight excluding hydrogens is 394 g/mol. The lowest BCUT2D eigenvalue weighted by atomic mass is 10.0. The number of fused-ring (bicyclic) bond motifs is 1. The highest BCUT2D eigenvalue weighted by Crippen LogP contribution is 2.33. The third-order valence-corrected chi connectivity index (χ3v) is 4.13. The highest BCUT2D eigenvalue weighted by Gasteiger charge is 2.35. The number of alkyl halides is 3. The van der Waals surface area contributed by atoms with Gasteiger partial charge in [0.15, 0.2) is 5.60 Å². The topological polar surface area (TPSA) is 104 Å². The lowest BCUT2D eigenvalue weighted by molar-refractivity contribution is -0.138. The number of rotatable bonds is 4. The van der Waals surface area contributed by atoms with E-state index in [4.69, 9.17) is 5.26 Å². The van der Waals surface area contributed by atoms with E-state index < -0.39 is 41.2 Å². The van der Waals surface area contributed by atoms with Crippen LogP contribution in [0.3, 0.4) is 0 Å². The Morgan fingerprint density at radius 3 is 2.66 bits per heavy atom. The van der Waals surface area contributed by atoms with Crippen LogP contribution in [0, 0.1) is 17.1 Å². The second-order valence-corrected chi connectivity index (χ2v) is 6.48. The van der Waals surface area contributed by atoms with Crippen molar-refractivity contribution in [1.82, 2.24) is 15.0 Å². The van der Waals surface area contributed by atoms with Crippen LogP contribution in [0.1, 0.15) is 18.1 Å². The molecule has 0 bridgehead atoms. The summed E-state index contributed by atoms with van der Waals surface area (Å²) in [5.74, 6) is -1.59. The highest BCUT2D eigenvalue weighted by molar-refractivity contribution is 5.97. The van der Waals surface area contributed by atoms with Crippen LogP contribution in [0.2, 0.25) is 0 Å². The van der Waals surface area contributed by atoms with Crippen molar-refractivity contribution >= 4 is 22.6 Å². The van der Waals surface area contributed by atoms with Gasteiger partial charge >= 0.3 is 6.18 Å². The van der Waals surface area contributed by atoms with Crippen LogP contribution in [0.25, 0.3) is 11.0 Å². The van der Waals surface area contributed by atoms with Crippen molar-refractivity contribution in [2.24, 2.45) is 0 Å². The second-order valence-electron chi connectivity index (χ2n) is 6.48. The Hall–Kier alpha value is -3.52. The summed E-state index contributed by atoms with van der Waals surface area (Å²) in [6, 6.07) is 7.74. The van der Waals surface area contributed by atoms with Crippen LogP contribution in [0.4, 0.5) is 23.2 Å². The van der Waals surface area contributed by atoms with Gasteiger partial charge in [-0.15, -0.1) is 5.10 Å². The summed E-state index contributed by atoms with van der Waals surface area (Å²) in [4.78, 5) is 12.4. The number of anilines is 1. The van der Waals surface area contributed by atoms with Gasteiger partial charge in [-0.1, -0.05) is 5.21 Å². The summed E-state index contributed by atoms with van der Waals surface area (Å²) in [7, 11) is 0. The summed E-state index contributed by atoms with van der Waals surface area (Å²) >= 11 is 0. The maximum absolute atomic E-state index is 13.4. The molecule has 3 aromatic rings. The number of carbonyl (C=O) groups excluding carboxylic acids is 1. The normalized spacial score (nSPS) is 13.7. The zero-order valence-electron chi connectivity index (χ0n) is 14.8. The van der Waals surface area contributed by atoms with Gasteiger partial charge in [0.2, 0.25) is 0 Å². The number of hydrogen-bond donors (Lipinski definition) is 2. The zero-order chi connectivity index (χ0) is 21.4. The number of benzene rings is 2. The minimum atomic E-state index is -4.79. The van der Waals surface area contributed by atoms with Gasteiger partial charge in [-0.05, 0) is 37.3 Å². The second kappa shape index (κ2) is 7.14. The molecule has 11 heteroatoms. The average Bonchev–Trinajstić information content (AvgIpc) is 3.02. The van der Waals surface area contributed by atoms with Crippen molar-refractivity contribution in [2.45, 2.75) is 25.2 Å². The Morgan fingerprint density at radius 2 is 2.00 bits per heavy atom. The molecule has 0 fully saturated rings. The minimum absolute atomic E-state index is 0.232. The van der Waals surface area contributed by atoms with Crippen molar-refractivity contribution in [3.63, 3.8) is 0 Å². The first-order valence-corrected chi connectivity index (χ1v) is 8.15. The van der Waals surface area contributed by atoms with Crippen LogP contribution in [0.15, 0.2) is 36.4 Å².